The molecule has 0 atom stereocenters. The molecular weight excluding hydrogens is 464 g/mol. The summed E-state index contributed by atoms with van der Waals surface area (Å²) < 4.78 is 34.9. The van der Waals surface area contributed by atoms with E-state index in [-0.39, 0.29) is 23.3 Å². The van der Waals surface area contributed by atoms with Crippen LogP contribution in [0.15, 0.2) is 83.8 Å². The van der Waals surface area contributed by atoms with Crippen LogP contribution in [0.25, 0.3) is 11.1 Å². The summed E-state index contributed by atoms with van der Waals surface area (Å²) in [5.74, 6) is 1.01. The van der Waals surface area contributed by atoms with Crippen molar-refractivity contribution in [3.05, 3.63) is 95.7 Å². The molecule has 4 N–H and O–H groups in total. The minimum atomic E-state index is -3.23. The van der Waals surface area contributed by atoms with Crippen molar-refractivity contribution in [2.75, 3.05) is 17.7 Å². The maximum absolute atomic E-state index is 11.6. The Kier molecular flexibility index (Phi) is 7.28. The average molecular weight is 491 g/mol. The van der Waals surface area contributed by atoms with E-state index in [9.17, 15) is 8.42 Å². The van der Waals surface area contributed by atoms with Crippen molar-refractivity contribution in [1.82, 2.24) is 9.97 Å². The first-order valence-corrected chi connectivity index (χ1v) is 12.7. The summed E-state index contributed by atoms with van der Waals surface area (Å²) in [5.41, 5.74) is 16.0. The number of ether oxygens (including phenoxy) is 2. The quantitative estimate of drug-likeness (QED) is 0.360. The van der Waals surface area contributed by atoms with Gasteiger partial charge in [0.05, 0.1) is 23.8 Å². The van der Waals surface area contributed by atoms with Crippen LogP contribution in [-0.2, 0) is 34.4 Å². The first-order chi connectivity index (χ1) is 16.8. The molecule has 4 rings (SSSR count). The van der Waals surface area contributed by atoms with Crippen LogP contribution < -0.4 is 16.2 Å². The molecule has 0 aliphatic carbocycles. The van der Waals surface area contributed by atoms with Crippen LogP contribution in [0.2, 0.25) is 0 Å². The molecule has 4 aromatic rings. The Morgan fingerprint density at radius 1 is 0.771 bits per heavy atom. The van der Waals surface area contributed by atoms with E-state index in [0.29, 0.717) is 30.2 Å². The molecule has 0 radical (unpaired) electrons. The Hall–Kier alpha value is -3.95. The third-order valence-electron chi connectivity index (χ3n) is 5.28. The first kappa shape index (κ1) is 24.2. The zero-order valence-electron chi connectivity index (χ0n) is 19.2. The molecule has 8 nitrogen and oxygen atoms in total. The van der Waals surface area contributed by atoms with Crippen LogP contribution in [0.4, 0.5) is 11.8 Å². The Morgan fingerprint density at radius 2 is 1.43 bits per heavy atom. The third kappa shape index (κ3) is 6.34. The fourth-order valence-electron chi connectivity index (χ4n) is 3.52. The van der Waals surface area contributed by atoms with Crippen molar-refractivity contribution in [3.8, 4) is 16.9 Å². The van der Waals surface area contributed by atoms with E-state index in [4.69, 9.17) is 20.9 Å². The van der Waals surface area contributed by atoms with Gasteiger partial charge in [-0.15, -0.1) is 0 Å². The summed E-state index contributed by atoms with van der Waals surface area (Å²) in [6.45, 7) is 0.958. The predicted octanol–water partition coefficient (Wildman–Crippen LogP) is 4.01. The van der Waals surface area contributed by atoms with E-state index in [2.05, 4.69) is 9.97 Å². The number of nitrogens with zero attached hydrogens (tertiary/aromatic N) is 2. The van der Waals surface area contributed by atoms with Gasteiger partial charge in [0.1, 0.15) is 18.2 Å². The normalized spacial score (nSPS) is 11.3. The second-order valence-electron chi connectivity index (χ2n) is 8.00. The summed E-state index contributed by atoms with van der Waals surface area (Å²) in [5, 5.41) is 0. The minimum Gasteiger partial charge on any atom is -0.489 e. The molecule has 0 bridgehead atoms. The van der Waals surface area contributed by atoms with E-state index in [1.54, 1.807) is 24.3 Å². The Morgan fingerprint density at radius 3 is 2.09 bits per heavy atom. The summed E-state index contributed by atoms with van der Waals surface area (Å²) in [6, 6.07) is 23.8. The number of benzene rings is 3. The van der Waals surface area contributed by atoms with E-state index in [0.717, 1.165) is 16.7 Å². The number of aromatic nitrogens is 2. The number of anilines is 2. The first-order valence-electron chi connectivity index (χ1n) is 10.9. The lowest BCUT2D eigenvalue weighted by atomic mass is 10.0. The molecular formula is C26H26N4O4S. The molecule has 3 aromatic carbocycles. The van der Waals surface area contributed by atoms with E-state index < -0.39 is 9.84 Å². The Bertz CT molecular complexity index is 1390. The van der Waals surface area contributed by atoms with Gasteiger partial charge in [0.2, 0.25) is 5.95 Å². The highest BCUT2D eigenvalue weighted by Crippen LogP contribution is 2.30. The molecule has 0 fully saturated rings. The second kappa shape index (κ2) is 10.5. The summed E-state index contributed by atoms with van der Waals surface area (Å²) in [7, 11) is -3.23. The Balaban J connectivity index is 1.45. The van der Waals surface area contributed by atoms with Crippen molar-refractivity contribution in [2.45, 2.75) is 24.7 Å². The molecule has 0 saturated heterocycles. The topological polar surface area (TPSA) is 130 Å². The van der Waals surface area contributed by atoms with Gasteiger partial charge in [0.15, 0.2) is 9.84 Å². The van der Waals surface area contributed by atoms with Gasteiger partial charge in [-0.1, -0.05) is 54.6 Å². The molecule has 1 heterocycles. The summed E-state index contributed by atoms with van der Waals surface area (Å²) in [4.78, 5) is 8.74. The fourth-order valence-corrected chi connectivity index (χ4v) is 4.15. The van der Waals surface area contributed by atoms with Gasteiger partial charge >= 0.3 is 0 Å². The number of rotatable bonds is 9. The van der Waals surface area contributed by atoms with Crippen LogP contribution in [0, 0.1) is 0 Å². The SMILES string of the molecule is CS(=O)(=O)c1ccc(COc2ccc(-c3c(N)nc(N)nc3COCc3ccccc3)cc2)cc1. The Labute approximate surface area is 204 Å². The standard InChI is InChI=1S/C26H26N4O4S/c1-35(31,32)22-13-7-19(8-14-22)16-34-21-11-9-20(10-12-21)24-23(29-26(28)30-25(24)27)17-33-15-18-5-3-2-4-6-18/h2-14H,15-17H2,1H3,(H4,27,28,29,30). The van der Waals surface area contributed by atoms with Crippen molar-refractivity contribution < 1.29 is 17.9 Å². The van der Waals surface area contributed by atoms with Gasteiger partial charge in [0.25, 0.3) is 0 Å². The highest BCUT2D eigenvalue weighted by Gasteiger charge is 2.14. The average Bonchev–Trinajstić information content (AvgIpc) is 2.83. The van der Waals surface area contributed by atoms with Crippen molar-refractivity contribution in [2.24, 2.45) is 0 Å². The molecule has 0 aliphatic rings. The lowest BCUT2D eigenvalue weighted by molar-refractivity contribution is 0.105. The molecule has 0 saturated carbocycles. The molecule has 9 heteroatoms. The van der Waals surface area contributed by atoms with E-state index >= 15 is 0 Å². The van der Waals surface area contributed by atoms with Gasteiger partial charge in [-0.3, -0.25) is 0 Å². The molecule has 0 amide bonds. The number of sulfone groups is 1. The van der Waals surface area contributed by atoms with Crippen molar-refractivity contribution >= 4 is 21.6 Å². The highest BCUT2D eigenvalue weighted by molar-refractivity contribution is 7.90. The van der Waals surface area contributed by atoms with E-state index in [1.807, 2.05) is 54.6 Å². The smallest absolute Gasteiger partial charge is 0.222 e. The molecule has 1 aromatic heterocycles. The summed E-state index contributed by atoms with van der Waals surface area (Å²) in [6.07, 6.45) is 1.18. The van der Waals surface area contributed by atoms with Crippen LogP contribution >= 0.6 is 0 Å². The molecule has 0 unspecified atom stereocenters. The van der Waals surface area contributed by atoms with Gasteiger partial charge in [0, 0.05) is 11.8 Å². The van der Waals surface area contributed by atoms with Gasteiger partial charge in [-0.25, -0.2) is 13.4 Å². The summed E-state index contributed by atoms with van der Waals surface area (Å²) >= 11 is 0. The van der Waals surface area contributed by atoms with Gasteiger partial charge < -0.3 is 20.9 Å². The van der Waals surface area contributed by atoms with Crippen LogP contribution in [0.5, 0.6) is 5.75 Å². The predicted molar refractivity (Wildman–Crippen MR) is 135 cm³/mol. The lowest BCUT2D eigenvalue weighted by Gasteiger charge is -2.13. The van der Waals surface area contributed by atoms with Crippen LogP contribution in [-0.4, -0.2) is 24.6 Å². The zero-order chi connectivity index (χ0) is 24.8. The number of hydrogen-bond donors (Lipinski definition) is 2. The van der Waals surface area contributed by atoms with Crippen molar-refractivity contribution in [1.29, 1.82) is 0 Å². The number of nitrogens with two attached hydrogens (primary N) is 2. The second-order valence-corrected chi connectivity index (χ2v) is 10.0. The van der Waals surface area contributed by atoms with Crippen LogP contribution in [0.1, 0.15) is 16.8 Å². The van der Waals surface area contributed by atoms with Crippen molar-refractivity contribution in [3.63, 3.8) is 0 Å². The maximum Gasteiger partial charge on any atom is 0.222 e. The minimum absolute atomic E-state index is 0.0893. The monoisotopic (exact) mass is 490 g/mol. The van der Waals surface area contributed by atoms with Gasteiger partial charge in [-0.05, 0) is 41.0 Å². The largest absolute Gasteiger partial charge is 0.489 e. The fraction of sp³-hybridized carbons (Fsp3) is 0.154. The molecule has 35 heavy (non-hydrogen) atoms. The third-order valence-corrected chi connectivity index (χ3v) is 6.41. The lowest BCUT2D eigenvalue weighted by Crippen LogP contribution is -2.08. The molecule has 0 spiro atoms. The number of hydrogen-bond acceptors (Lipinski definition) is 8. The van der Waals surface area contributed by atoms with E-state index in [1.165, 1.54) is 6.26 Å². The molecule has 180 valence electrons. The number of nitrogen functional groups attached to an aromatic ring is 2. The maximum atomic E-state index is 11.6. The van der Waals surface area contributed by atoms with Gasteiger partial charge in [-0.2, -0.15) is 4.98 Å². The highest BCUT2D eigenvalue weighted by atomic mass is 32.2. The van der Waals surface area contributed by atoms with Crippen LogP contribution in [0.3, 0.4) is 0 Å². The molecule has 0 aliphatic heterocycles. The zero-order valence-corrected chi connectivity index (χ0v) is 20.0.